The van der Waals surface area contributed by atoms with E-state index in [9.17, 15) is 14.0 Å². The third-order valence-corrected chi connectivity index (χ3v) is 2.91. The van der Waals surface area contributed by atoms with Crippen molar-refractivity contribution in [2.75, 3.05) is 5.32 Å². The molecule has 1 amide bonds. The standard InChI is InChI=1S/C15H13FN2O3/c16-11-5-6-12(15(20)21)13(7-11)18-14(19)10-3-1-9(8-17)2-4-10/h1-7H,8,17H2,(H,18,19)(H,20,21). The van der Waals surface area contributed by atoms with Gasteiger partial charge in [-0.3, -0.25) is 4.79 Å². The number of carboxylic acids is 1. The molecule has 0 saturated carbocycles. The molecule has 0 saturated heterocycles. The fourth-order valence-corrected chi connectivity index (χ4v) is 1.79. The van der Waals surface area contributed by atoms with Crippen molar-refractivity contribution in [3.05, 3.63) is 65.0 Å². The summed E-state index contributed by atoms with van der Waals surface area (Å²) >= 11 is 0. The van der Waals surface area contributed by atoms with Crippen LogP contribution in [0.2, 0.25) is 0 Å². The van der Waals surface area contributed by atoms with Gasteiger partial charge in [-0.2, -0.15) is 0 Å². The molecule has 0 atom stereocenters. The van der Waals surface area contributed by atoms with Gasteiger partial charge in [0.15, 0.2) is 0 Å². The summed E-state index contributed by atoms with van der Waals surface area (Å²) in [5.74, 6) is -2.40. The highest BCUT2D eigenvalue weighted by Gasteiger charge is 2.14. The van der Waals surface area contributed by atoms with Crippen molar-refractivity contribution in [1.82, 2.24) is 0 Å². The van der Waals surface area contributed by atoms with Crippen LogP contribution in [0.5, 0.6) is 0 Å². The summed E-state index contributed by atoms with van der Waals surface area (Å²) in [7, 11) is 0. The lowest BCUT2D eigenvalue weighted by molar-refractivity contribution is 0.0698. The number of hydrogen-bond acceptors (Lipinski definition) is 3. The molecule has 0 aliphatic heterocycles. The van der Waals surface area contributed by atoms with Crippen molar-refractivity contribution in [2.24, 2.45) is 5.73 Å². The largest absolute Gasteiger partial charge is 0.478 e. The number of carbonyl (C=O) groups is 2. The second-order valence-corrected chi connectivity index (χ2v) is 4.35. The quantitative estimate of drug-likeness (QED) is 0.804. The fourth-order valence-electron chi connectivity index (χ4n) is 1.79. The van der Waals surface area contributed by atoms with Crippen molar-refractivity contribution < 1.29 is 19.1 Å². The molecule has 0 unspecified atom stereocenters. The Morgan fingerprint density at radius 2 is 1.81 bits per heavy atom. The number of carbonyl (C=O) groups excluding carboxylic acids is 1. The average molecular weight is 288 g/mol. The minimum absolute atomic E-state index is 0.0876. The normalized spacial score (nSPS) is 10.2. The first kappa shape index (κ1) is 14.7. The fraction of sp³-hybridized carbons (Fsp3) is 0.0667. The smallest absolute Gasteiger partial charge is 0.337 e. The van der Waals surface area contributed by atoms with Crippen molar-refractivity contribution in [3.63, 3.8) is 0 Å². The van der Waals surface area contributed by atoms with E-state index in [-0.39, 0.29) is 11.3 Å². The molecule has 0 fully saturated rings. The van der Waals surface area contributed by atoms with Crippen LogP contribution in [-0.4, -0.2) is 17.0 Å². The molecular weight excluding hydrogens is 275 g/mol. The predicted octanol–water partition coefficient (Wildman–Crippen LogP) is 2.23. The molecule has 2 aromatic carbocycles. The van der Waals surface area contributed by atoms with Crippen LogP contribution < -0.4 is 11.1 Å². The van der Waals surface area contributed by atoms with Crippen molar-refractivity contribution in [3.8, 4) is 0 Å². The Morgan fingerprint density at radius 1 is 1.14 bits per heavy atom. The summed E-state index contributed by atoms with van der Waals surface area (Å²) in [4.78, 5) is 23.1. The number of nitrogens with two attached hydrogens (primary N) is 1. The van der Waals surface area contributed by atoms with Gasteiger partial charge < -0.3 is 16.2 Å². The molecule has 0 spiro atoms. The maximum absolute atomic E-state index is 13.2. The second-order valence-electron chi connectivity index (χ2n) is 4.35. The molecule has 108 valence electrons. The van der Waals surface area contributed by atoms with Gasteiger partial charge in [0.2, 0.25) is 0 Å². The number of aromatic carboxylic acids is 1. The van der Waals surface area contributed by atoms with E-state index in [0.717, 1.165) is 23.8 Å². The van der Waals surface area contributed by atoms with Gasteiger partial charge in [0, 0.05) is 12.1 Å². The molecular formula is C15H13FN2O3. The summed E-state index contributed by atoms with van der Waals surface area (Å²) < 4.78 is 13.2. The van der Waals surface area contributed by atoms with Crippen LogP contribution in [0.25, 0.3) is 0 Å². The van der Waals surface area contributed by atoms with Crippen LogP contribution in [0.4, 0.5) is 10.1 Å². The van der Waals surface area contributed by atoms with Crippen molar-refractivity contribution in [2.45, 2.75) is 6.54 Å². The van der Waals surface area contributed by atoms with Gasteiger partial charge >= 0.3 is 5.97 Å². The minimum Gasteiger partial charge on any atom is -0.478 e. The molecule has 5 nitrogen and oxygen atoms in total. The highest BCUT2D eigenvalue weighted by Crippen LogP contribution is 2.18. The molecule has 0 aliphatic carbocycles. The van der Waals surface area contributed by atoms with Gasteiger partial charge in [0.05, 0.1) is 11.3 Å². The molecule has 0 bridgehead atoms. The van der Waals surface area contributed by atoms with Crippen LogP contribution in [0.15, 0.2) is 42.5 Å². The number of carboxylic acid groups (broad SMARTS) is 1. The summed E-state index contributed by atoms with van der Waals surface area (Å²) in [6.07, 6.45) is 0. The first-order valence-electron chi connectivity index (χ1n) is 6.14. The zero-order chi connectivity index (χ0) is 15.4. The van der Waals surface area contributed by atoms with Crippen LogP contribution in [0.3, 0.4) is 0 Å². The average Bonchev–Trinajstić information content (AvgIpc) is 2.47. The van der Waals surface area contributed by atoms with E-state index in [1.807, 2.05) is 0 Å². The SMILES string of the molecule is NCc1ccc(C(=O)Nc2cc(F)ccc2C(=O)O)cc1. The number of halogens is 1. The number of nitrogens with one attached hydrogen (secondary N) is 1. The van der Waals surface area contributed by atoms with Gasteiger partial charge in [-0.15, -0.1) is 0 Å². The third kappa shape index (κ3) is 3.43. The number of amides is 1. The van der Waals surface area contributed by atoms with E-state index in [0.29, 0.717) is 12.1 Å². The predicted molar refractivity (Wildman–Crippen MR) is 75.6 cm³/mol. The Balaban J connectivity index is 2.26. The van der Waals surface area contributed by atoms with Crippen LogP contribution >= 0.6 is 0 Å². The van der Waals surface area contributed by atoms with E-state index in [1.165, 1.54) is 0 Å². The summed E-state index contributed by atoms with van der Waals surface area (Å²) in [6.45, 7) is 0.356. The van der Waals surface area contributed by atoms with Gasteiger partial charge in [0.25, 0.3) is 5.91 Å². The van der Waals surface area contributed by atoms with E-state index >= 15 is 0 Å². The van der Waals surface area contributed by atoms with E-state index < -0.39 is 17.7 Å². The first-order valence-corrected chi connectivity index (χ1v) is 6.14. The topological polar surface area (TPSA) is 92.4 Å². The zero-order valence-corrected chi connectivity index (χ0v) is 11.0. The summed E-state index contributed by atoms with van der Waals surface area (Å²) in [5, 5.41) is 11.4. The first-order chi connectivity index (χ1) is 10.0. The van der Waals surface area contributed by atoms with Crippen LogP contribution in [0.1, 0.15) is 26.3 Å². The zero-order valence-electron chi connectivity index (χ0n) is 11.0. The Hall–Kier alpha value is -2.73. The summed E-state index contributed by atoms with van der Waals surface area (Å²) in [5.41, 5.74) is 6.39. The van der Waals surface area contributed by atoms with E-state index in [1.54, 1.807) is 24.3 Å². The minimum atomic E-state index is -1.25. The molecule has 0 aromatic heterocycles. The maximum atomic E-state index is 13.2. The summed E-state index contributed by atoms with van der Waals surface area (Å²) in [6, 6.07) is 9.61. The lowest BCUT2D eigenvalue weighted by Gasteiger charge is -2.09. The van der Waals surface area contributed by atoms with E-state index in [4.69, 9.17) is 10.8 Å². The molecule has 0 radical (unpaired) electrons. The van der Waals surface area contributed by atoms with E-state index in [2.05, 4.69) is 5.32 Å². The number of benzene rings is 2. The Bertz CT molecular complexity index is 684. The molecule has 21 heavy (non-hydrogen) atoms. The Kier molecular flexibility index (Phi) is 4.30. The van der Waals surface area contributed by atoms with Gasteiger partial charge in [0.1, 0.15) is 5.82 Å². The van der Waals surface area contributed by atoms with Gasteiger partial charge in [-0.05, 0) is 35.9 Å². The van der Waals surface area contributed by atoms with Crippen LogP contribution in [0, 0.1) is 5.82 Å². The Labute approximate surface area is 120 Å². The number of rotatable bonds is 4. The van der Waals surface area contributed by atoms with Gasteiger partial charge in [-0.25, -0.2) is 9.18 Å². The lowest BCUT2D eigenvalue weighted by atomic mass is 10.1. The molecule has 2 rings (SSSR count). The van der Waals surface area contributed by atoms with Crippen LogP contribution in [-0.2, 0) is 6.54 Å². The molecule has 2 aromatic rings. The molecule has 0 aliphatic rings. The Morgan fingerprint density at radius 3 is 2.38 bits per heavy atom. The highest BCUT2D eigenvalue weighted by molar-refractivity contribution is 6.07. The van der Waals surface area contributed by atoms with Crippen molar-refractivity contribution in [1.29, 1.82) is 0 Å². The molecule has 0 heterocycles. The maximum Gasteiger partial charge on any atom is 0.337 e. The van der Waals surface area contributed by atoms with Gasteiger partial charge in [-0.1, -0.05) is 12.1 Å². The number of anilines is 1. The lowest BCUT2D eigenvalue weighted by Crippen LogP contribution is -2.15. The monoisotopic (exact) mass is 288 g/mol. The van der Waals surface area contributed by atoms with Crippen molar-refractivity contribution >= 4 is 17.6 Å². The molecule has 6 heteroatoms. The molecule has 4 N–H and O–H groups in total. The third-order valence-electron chi connectivity index (χ3n) is 2.91. The number of hydrogen-bond donors (Lipinski definition) is 3. The second kappa shape index (κ2) is 6.15. The highest BCUT2D eigenvalue weighted by atomic mass is 19.1.